The van der Waals surface area contributed by atoms with E-state index in [1.165, 1.54) is 38.3 Å². The molecular weight excluding hydrogens is 608 g/mol. The van der Waals surface area contributed by atoms with Gasteiger partial charge in [-0.3, -0.25) is 29.0 Å². The first kappa shape index (κ1) is 38.6. The van der Waals surface area contributed by atoms with E-state index in [1.807, 2.05) is 52.0 Å². The molecular formula is C38H54N4O6. The van der Waals surface area contributed by atoms with E-state index < -0.39 is 17.9 Å². The second-order valence-corrected chi connectivity index (χ2v) is 13.8. The van der Waals surface area contributed by atoms with E-state index in [0.717, 1.165) is 60.7 Å². The number of ether oxygens (including phenoxy) is 1. The van der Waals surface area contributed by atoms with Gasteiger partial charge in [-0.1, -0.05) is 24.3 Å². The molecule has 4 rings (SSSR count). The maximum Gasteiger partial charge on any atom is 0.261 e. The van der Waals surface area contributed by atoms with Crippen LogP contribution < -0.4 is 10.2 Å². The van der Waals surface area contributed by atoms with E-state index in [0.29, 0.717) is 30.1 Å². The summed E-state index contributed by atoms with van der Waals surface area (Å²) < 4.78 is 4.94. The number of methoxy groups -OCH3 is 1. The van der Waals surface area contributed by atoms with E-state index >= 15 is 0 Å². The Morgan fingerprint density at radius 1 is 0.979 bits per heavy atom. The van der Waals surface area contributed by atoms with Crippen molar-refractivity contribution in [2.45, 2.75) is 83.8 Å². The molecule has 1 heterocycles. The quantitative estimate of drug-likeness (QED) is 0.315. The molecule has 3 amide bonds. The molecule has 48 heavy (non-hydrogen) atoms. The van der Waals surface area contributed by atoms with Gasteiger partial charge in [-0.05, 0) is 101 Å². The van der Waals surface area contributed by atoms with E-state index in [2.05, 4.69) is 27.2 Å². The van der Waals surface area contributed by atoms with Crippen molar-refractivity contribution in [3.8, 4) is 0 Å². The number of carbonyl (C=O) groups excluding carboxylic acids is 5. The van der Waals surface area contributed by atoms with Gasteiger partial charge in [-0.15, -0.1) is 0 Å². The van der Waals surface area contributed by atoms with Crippen LogP contribution in [0.25, 0.3) is 0 Å². The summed E-state index contributed by atoms with van der Waals surface area (Å²) in [5, 5.41) is 2.48. The minimum absolute atomic E-state index is 0.0417. The highest BCUT2D eigenvalue weighted by molar-refractivity contribution is 6.04. The first-order valence-corrected chi connectivity index (χ1v) is 17.1. The Labute approximate surface area is 286 Å². The van der Waals surface area contributed by atoms with Crippen molar-refractivity contribution in [1.82, 2.24) is 15.1 Å². The van der Waals surface area contributed by atoms with Crippen molar-refractivity contribution in [1.29, 1.82) is 0 Å². The molecule has 1 saturated heterocycles. The summed E-state index contributed by atoms with van der Waals surface area (Å²) in [6, 6.07) is 12.6. The molecule has 1 N–H and O–H groups in total. The number of aldehydes is 2. The second-order valence-electron chi connectivity index (χ2n) is 13.8. The predicted molar refractivity (Wildman–Crippen MR) is 189 cm³/mol. The number of nitrogens with one attached hydrogen (secondary N) is 1. The van der Waals surface area contributed by atoms with E-state index in [1.54, 1.807) is 13.2 Å². The van der Waals surface area contributed by atoms with Crippen LogP contribution in [0, 0.1) is 12.8 Å². The molecule has 262 valence electrons. The molecule has 1 aliphatic carbocycles. The largest absolute Gasteiger partial charge is 0.379 e. The summed E-state index contributed by atoms with van der Waals surface area (Å²) in [4.78, 5) is 65.0. The van der Waals surface area contributed by atoms with Crippen LogP contribution in [0.4, 0.5) is 5.69 Å². The fraction of sp³-hybridized carbons (Fsp3) is 0.553. The molecule has 1 aliphatic heterocycles. The minimum atomic E-state index is -1.04. The average molecular weight is 663 g/mol. The third-order valence-electron chi connectivity index (χ3n) is 9.49. The molecule has 1 saturated carbocycles. The van der Waals surface area contributed by atoms with Gasteiger partial charge in [0.25, 0.3) is 5.91 Å². The number of carbonyl (C=O) groups is 5. The molecule has 0 bridgehead atoms. The zero-order chi connectivity index (χ0) is 35.3. The van der Waals surface area contributed by atoms with Gasteiger partial charge in [-0.25, -0.2) is 0 Å². The molecule has 2 aliphatic rings. The summed E-state index contributed by atoms with van der Waals surface area (Å²) in [6.07, 6.45) is 6.92. The lowest BCUT2D eigenvalue weighted by atomic mass is 9.78. The fourth-order valence-electron chi connectivity index (χ4n) is 6.35. The number of nitrogens with zero attached hydrogens (tertiary/aromatic N) is 3. The van der Waals surface area contributed by atoms with Gasteiger partial charge < -0.3 is 19.7 Å². The van der Waals surface area contributed by atoms with Crippen LogP contribution >= 0.6 is 0 Å². The normalized spacial score (nSPS) is 18.9. The summed E-state index contributed by atoms with van der Waals surface area (Å²) in [5.74, 6) is 0.260. The van der Waals surface area contributed by atoms with Crippen molar-refractivity contribution >= 4 is 36.5 Å². The Bertz CT molecular complexity index is 1360. The minimum Gasteiger partial charge on any atom is -0.379 e. The summed E-state index contributed by atoms with van der Waals surface area (Å²) in [5.41, 5.74) is 4.24. The molecule has 1 unspecified atom stereocenters. The van der Waals surface area contributed by atoms with Crippen LogP contribution in [0.3, 0.4) is 0 Å². The fourth-order valence-corrected chi connectivity index (χ4v) is 6.35. The first-order chi connectivity index (χ1) is 22.9. The lowest BCUT2D eigenvalue weighted by Crippen LogP contribution is -2.48. The number of likely N-dealkylation sites (N-methyl/N-ethyl adjacent to an activating group) is 1. The van der Waals surface area contributed by atoms with Gasteiger partial charge in [0.05, 0.1) is 5.60 Å². The SMILES string of the molecule is CNC(=O)C(CCC=O)N(C=O)C(=O)c1ccc(N2CCN(CC3CCC(c4ccc(C=O)cc4)CC3)CC2)cc1C.COC(C)(C)C. The zero-order valence-corrected chi connectivity index (χ0v) is 29.6. The Hall–Kier alpha value is -3.89. The Morgan fingerprint density at radius 2 is 1.60 bits per heavy atom. The van der Waals surface area contributed by atoms with Crippen LogP contribution in [-0.2, 0) is 19.1 Å². The lowest BCUT2D eigenvalue weighted by Gasteiger charge is -2.39. The van der Waals surface area contributed by atoms with E-state index in [9.17, 15) is 24.0 Å². The maximum absolute atomic E-state index is 13.3. The number of anilines is 1. The highest BCUT2D eigenvalue weighted by atomic mass is 16.5. The second kappa shape index (κ2) is 18.6. The molecule has 0 spiro atoms. The van der Waals surface area contributed by atoms with Crippen LogP contribution in [-0.4, -0.2) is 99.1 Å². The van der Waals surface area contributed by atoms with Gasteiger partial charge in [0, 0.05) is 70.1 Å². The van der Waals surface area contributed by atoms with Crippen molar-refractivity contribution in [2.24, 2.45) is 5.92 Å². The van der Waals surface area contributed by atoms with Gasteiger partial charge in [0.2, 0.25) is 12.3 Å². The number of piperazine rings is 1. The Morgan fingerprint density at radius 3 is 2.10 bits per heavy atom. The highest BCUT2D eigenvalue weighted by Crippen LogP contribution is 2.36. The number of imide groups is 1. The van der Waals surface area contributed by atoms with Crippen molar-refractivity contribution < 1.29 is 28.7 Å². The van der Waals surface area contributed by atoms with Gasteiger partial charge in [0.1, 0.15) is 18.6 Å². The van der Waals surface area contributed by atoms with Crippen molar-refractivity contribution in [3.05, 3.63) is 64.7 Å². The molecule has 2 aromatic carbocycles. The van der Waals surface area contributed by atoms with Crippen molar-refractivity contribution in [3.63, 3.8) is 0 Å². The summed E-state index contributed by atoms with van der Waals surface area (Å²) in [6.45, 7) is 12.8. The number of benzene rings is 2. The van der Waals surface area contributed by atoms with Crippen LogP contribution in [0.1, 0.15) is 97.1 Å². The van der Waals surface area contributed by atoms with Gasteiger partial charge >= 0.3 is 0 Å². The van der Waals surface area contributed by atoms with E-state index in [-0.39, 0.29) is 18.4 Å². The number of hydrogen-bond acceptors (Lipinski definition) is 8. The molecule has 2 aromatic rings. The van der Waals surface area contributed by atoms with Crippen LogP contribution in [0.15, 0.2) is 42.5 Å². The van der Waals surface area contributed by atoms with Crippen LogP contribution in [0.2, 0.25) is 0 Å². The Balaban J connectivity index is 0.000000952. The number of rotatable bonds is 12. The summed E-state index contributed by atoms with van der Waals surface area (Å²) in [7, 11) is 3.15. The number of amides is 3. The molecule has 1 atom stereocenters. The Kier molecular flexibility index (Phi) is 14.9. The van der Waals surface area contributed by atoms with E-state index in [4.69, 9.17) is 4.74 Å². The monoisotopic (exact) mass is 662 g/mol. The first-order valence-electron chi connectivity index (χ1n) is 17.1. The molecule has 0 radical (unpaired) electrons. The predicted octanol–water partition coefficient (Wildman–Crippen LogP) is 5.03. The molecule has 10 heteroatoms. The topological polar surface area (TPSA) is 116 Å². The van der Waals surface area contributed by atoms with Gasteiger partial charge in [-0.2, -0.15) is 0 Å². The van der Waals surface area contributed by atoms with Crippen LogP contribution in [0.5, 0.6) is 0 Å². The number of aryl methyl sites for hydroxylation is 1. The molecule has 2 fully saturated rings. The van der Waals surface area contributed by atoms with Gasteiger partial charge in [0.15, 0.2) is 0 Å². The molecule has 0 aromatic heterocycles. The van der Waals surface area contributed by atoms with Crippen molar-refractivity contribution in [2.75, 3.05) is 51.8 Å². The number of hydrogen-bond donors (Lipinski definition) is 1. The zero-order valence-electron chi connectivity index (χ0n) is 29.6. The lowest BCUT2D eigenvalue weighted by molar-refractivity contribution is -0.131. The molecule has 10 nitrogen and oxygen atoms in total. The third kappa shape index (κ3) is 11.1. The maximum atomic E-state index is 13.3. The third-order valence-corrected chi connectivity index (χ3v) is 9.49. The average Bonchev–Trinajstić information content (AvgIpc) is 3.10. The standard InChI is InChI=1S/C33H42N4O5.C5H12O/c1-24-20-29(13-14-30(24)33(42)37(23-40)31(4-3-19-38)32(41)34-2)36-17-15-35(16-18-36)21-25-5-9-27(10-6-25)28-11-7-26(22-39)8-12-28;1-5(2,3)6-4/h7-8,11-14,19-20,22-23,25,27,31H,3-6,9-10,15-18,21H2,1-2H3,(H,34,41);1-4H3. The summed E-state index contributed by atoms with van der Waals surface area (Å²) >= 11 is 0. The smallest absolute Gasteiger partial charge is 0.261 e. The highest BCUT2D eigenvalue weighted by Gasteiger charge is 2.31.